The number of fused-ring (bicyclic) bond motifs is 8. The van der Waals surface area contributed by atoms with Crippen molar-refractivity contribution in [3.05, 3.63) is 277 Å². The molecule has 15 heteroatoms. The van der Waals surface area contributed by atoms with Crippen LogP contribution < -0.4 is 35.0 Å². The van der Waals surface area contributed by atoms with Gasteiger partial charge in [0.05, 0.1) is 45.9 Å². The molecule has 4 aliphatic rings. The number of para-hydroxylation sites is 2. The van der Waals surface area contributed by atoms with Crippen LogP contribution in [0.4, 0.5) is 0 Å². The summed E-state index contributed by atoms with van der Waals surface area (Å²) < 4.78 is 95.7. The number of hydrogen-bond donors (Lipinski definition) is 1. The van der Waals surface area contributed by atoms with Gasteiger partial charge in [-0.15, -0.1) is 5.26 Å². The van der Waals surface area contributed by atoms with Crippen molar-refractivity contribution < 1.29 is 46.2 Å². The zero-order valence-corrected chi connectivity index (χ0v) is 49.1. The predicted molar refractivity (Wildman–Crippen MR) is 331 cm³/mol. The molecule has 0 amide bonds. The van der Waals surface area contributed by atoms with Gasteiger partial charge in [-0.1, -0.05) is 186 Å². The number of allylic oxidation sites excluding steroid dienone is 6. The second-order valence-electron chi connectivity index (χ2n) is 21.2. The van der Waals surface area contributed by atoms with Crippen molar-refractivity contribution in [2.75, 3.05) is 0 Å². The lowest BCUT2D eigenvalue weighted by Crippen LogP contribution is -2.24. The lowest BCUT2D eigenvalue weighted by Gasteiger charge is -2.33. The average Bonchev–Trinajstić information content (AvgIpc) is 3.59. The van der Waals surface area contributed by atoms with Crippen molar-refractivity contribution in [1.82, 2.24) is 0 Å². The first-order valence-corrected chi connectivity index (χ1v) is 34.0. The van der Waals surface area contributed by atoms with E-state index in [-0.39, 0.29) is 58.8 Å². The monoisotopic (exact) mass is 1170 g/mol. The summed E-state index contributed by atoms with van der Waals surface area (Å²) in [6, 6.07) is 51.0. The molecule has 8 aromatic rings. The highest BCUT2D eigenvalue weighted by Gasteiger charge is 2.44. The summed E-state index contributed by atoms with van der Waals surface area (Å²) in [5.41, 5.74) is 6.53. The third-order valence-corrected chi connectivity index (χ3v) is 25.4. The van der Waals surface area contributed by atoms with Crippen LogP contribution in [-0.2, 0) is 57.4 Å². The smallest absolute Gasteiger partial charge is 0.292 e. The standard InChI is InChI=1S/C68H55NO10P4/c1-7-50-54-25-13-19-31-62(54)80(71,76-58(50)9-3)39-44-35-48(36-45(66(44)70)40-81(72)64-33-21-15-27-56(64)52-23-11-17-29-60(52)78-81)68(5,6)49-37-46(41-82(73)63-32-20-14-26-55(63)51(8-2)59(10-4)77-82)67(75-43-69)47(38-49)42-83(74)65-34-22-16-28-57(65)53-24-12-18-30-61(53)79-83/h7-38,70H,1-4,39-42H2,5-6H3. The zero-order valence-electron chi connectivity index (χ0n) is 45.5. The Labute approximate surface area is 482 Å². The van der Waals surface area contributed by atoms with Crippen molar-refractivity contribution in [2.45, 2.75) is 43.9 Å². The summed E-state index contributed by atoms with van der Waals surface area (Å²) in [4.78, 5) is 0. The second-order valence-corrected chi connectivity index (χ2v) is 30.5. The van der Waals surface area contributed by atoms with Crippen LogP contribution in [0.3, 0.4) is 0 Å². The number of ether oxygens (including phenoxy) is 1. The molecule has 12 rings (SSSR count). The number of hydrogen-bond acceptors (Lipinski definition) is 11. The van der Waals surface area contributed by atoms with Gasteiger partial charge in [-0.3, -0.25) is 18.3 Å². The Kier molecular flexibility index (Phi) is 13.9. The van der Waals surface area contributed by atoms with Crippen molar-refractivity contribution in [2.24, 2.45) is 0 Å². The van der Waals surface area contributed by atoms with Gasteiger partial charge in [0.15, 0.2) is 0 Å². The fourth-order valence-electron chi connectivity index (χ4n) is 11.9. The lowest BCUT2D eigenvalue weighted by atomic mass is 9.76. The highest BCUT2D eigenvalue weighted by molar-refractivity contribution is 7.68. The number of rotatable bonds is 15. The van der Waals surface area contributed by atoms with Gasteiger partial charge in [-0.25, -0.2) is 0 Å². The normalized spacial score (nSPS) is 20.8. The molecule has 4 unspecified atom stereocenters. The molecular formula is C68H55NO10P4. The summed E-state index contributed by atoms with van der Waals surface area (Å²) in [7, 11) is -15.8. The number of phenolic OH excluding ortho intramolecular Hbond substituents is 1. The van der Waals surface area contributed by atoms with Gasteiger partial charge in [0.25, 0.3) is 35.7 Å². The zero-order chi connectivity index (χ0) is 58.1. The van der Waals surface area contributed by atoms with Gasteiger partial charge in [-0.05, 0) is 81.9 Å². The van der Waals surface area contributed by atoms with Crippen LogP contribution in [-0.4, -0.2) is 5.11 Å². The van der Waals surface area contributed by atoms with Crippen LogP contribution in [0.1, 0.15) is 58.4 Å². The minimum Gasteiger partial charge on any atom is -0.507 e. The number of phenols is 1. The number of aromatic hydroxyl groups is 1. The van der Waals surface area contributed by atoms with Crippen molar-refractivity contribution in [1.29, 1.82) is 5.26 Å². The van der Waals surface area contributed by atoms with E-state index in [4.69, 9.17) is 22.8 Å². The Morgan fingerprint density at radius 2 is 0.771 bits per heavy atom. The fraction of sp³-hybridized carbons (Fsp3) is 0.103. The van der Waals surface area contributed by atoms with Crippen LogP contribution in [0.15, 0.2) is 232 Å². The Balaban J connectivity index is 1.07. The Morgan fingerprint density at radius 3 is 1.14 bits per heavy atom. The molecule has 412 valence electrons. The molecule has 83 heavy (non-hydrogen) atoms. The maximum Gasteiger partial charge on any atom is 0.292 e. The molecular weight excluding hydrogens is 1110 g/mol. The highest BCUT2D eigenvalue weighted by atomic mass is 31.2. The Hall–Kier alpha value is -8.59. The molecule has 0 radical (unpaired) electrons. The molecule has 0 aliphatic carbocycles. The molecule has 1 N–H and O–H groups in total. The molecule has 11 nitrogen and oxygen atoms in total. The van der Waals surface area contributed by atoms with E-state index in [2.05, 4.69) is 26.3 Å². The van der Waals surface area contributed by atoms with Crippen LogP contribution in [0.25, 0.3) is 33.4 Å². The number of benzene rings is 8. The van der Waals surface area contributed by atoms with Crippen LogP contribution in [0, 0.1) is 11.5 Å². The van der Waals surface area contributed by atoms with E-state index in [1.165, 1.54) is 12.2 Å². The first-order valence-electron chi connectivity index (χ1n) is 26.8. The molecule has 4 aliphatic heterocycles. The van der Waals surface area contributed by atoms with E-state index in [0.29, 0.717) is 77.2 Å². The van der Waals surface area contributed by atoms with Crippen molar-refractivity contribution >= 4 is 61.8 Å². The third-order valence-electron chi connectivity index (χ3n) is 15.9. The predicted octanol–water partition coefficient (Wildman–Crippen LogP) is 16.3. The molecule has 0 bridgehead atoms. The van der Waals surface area contributed by atoms with Gasteiger partial charge >= 0.3 is 0 Å². The van der Waals surface area contributed by atoms with E-state index in [1.807, 2.05) is 111 Å². The summed E-state index contributed by atoms with van der Waals surface area (Å²) in [6.07, 6.45) is 6.93. The quantitative estimate of drug-likeness (QED) is 0.0769. The van der Waals surface area contributed by atoms with Gasteiger partial charge < -0.3 is 27.9 Å². The second kappa shape index (κ2) is 21.0. The van der Waals surface area contributed by atoms with Crippen LogP contribution >= 0.6 is 29.5 Å². The van der Waals surface area contributed by atoms with Gasteiger partial charge in [0.2, 0.25) is 0 Å². The summed E-state index contributed by atoms with van der Waals surface area (Å²) in [5, 5.41) is 25.1. The molecule has 0 saturated carbocycles. The SMILES string of the molecule is C=CC1=C(C=C)c2ccccc2P(=O)(Cc2cc(C(C)(C)c3cc(CP4(=O)OC(C=C)=C(C=C)c5ccccc54)c(OC#N)c(CP4(=O)Oc5ccccc5-c5ccccc54)c3)cc(CP3(=O)Oc4ccccc4-c4ccccc43)c2O)O1. The molecule has 0 saturated heterocycles. The molecule has 8 aromatic carbocycles. The molecule has 0 aromatic heterocycles. The topological polar surface area (TPSA) is 158 Å². The summed E-state index contributed by atoms with van der Waals surface area (Å²) in [5.74, 6) is 1.14. The first-order chi connectivity index (χ1) is 40.0. The number of nitrogens with zero attached hydrogens (tertiary/aromatic N) is 1. The summed E-state index contributed by atoms with van der Waals surface area (Å²) >= 11 is 0. The minimum absolute atomic E-state index is 0.0203. The van der Waals surface area contributed by atoms with Crippen molar-refractivity contribution in [3.63, 3.8) is 0 Å². The van der Waals surface area contributed by atoms with Crippen LogP contribution in [0.2, 0.25) is 0 Å². The molecule has 0 spiro atoms. The first kappa shape index (κ1) is 55.0. The Bertz CT molecular complexity index is 4450. The molecule has 0 fully saturated rings. The largest absolute Gasteiger partial charge is 0.507 e. The van der Waals surface area contributed by atoms with E-state index in [1.54, 1.807) is 91.0 Å². The fourth-order valence-corrected chi connectivity index (χ4v) is 21.4. The minimum atomic E-state index is -4.00. The summed E-state index contributed by atoms with van der Waals surface area (Å²) in [6.45, 7) is 19.9. The van der Waals surface area contributed by atoms with Gasteiger partial charge in [0.1, 0.15) is 34.5 Å². The van der Waals surface area contributed by atoms with E-state index >= 15 is 18.3 Å². The molecule has 4 heterocycles. The number of nitriles is 1. The molecule has 4 atom stereocenters. The van der Waals surface area contributed by atoms with Crippen molar-refractivity contribution in [3.8, 4) is 51.5 Å². The third kappa shape index (κ3) is 9.32. The highest BCUT2D eigenvalue weighted by Crippen LogP contribution is 2.63. The maximum atomic E-state index is 16.0. The van der Waals surface area contributed by atoms with E-state index in [9.17, 15) is 10.4 Å². The van der Waals surface area contributed by atoms with E-state index < -0.39 is 34.9 Å². The van der Waals surface area contributed by atoms with E-state index in [0.717, 1.165) is 22.3 Å². The Morgan fingerprint density at radius 1 is 0.458 bits per heavy atom. The van der Waals surface area contributed by atoms with Gasteiger partial charge in [-0.2, -0.15) is 0 Å². The van der Waals surface area contributed by atoms with Crippen LogP contribution in [0.5, 0.6) is 23.0 Å². The lowest BCUT2D eigenvalue weighted by molar-refractivity contribution is 0.421. The maximum absolute atomic E-state index is 16.0. The average molecular weight is 1170 g/mol. The van der Waals surface area contributed by atoms with Gasteiger partial charge in [0, 0.05) is 49.9 Å².